The van der Waals surface area contributed by atoms with E-state index in [1.165, 1.54) is 11.8 Å². The molecule has 2 aromatic rings. The molecule has 2 aliphatic rings. The van der Waals surface area contributed by atoms with Crippen LogP contribution in [-0.4, -0.2) is 70.7 Å². The van der Waals surface area contributed by atoms with Crippen LogP contribution in [0.2, 0.25) is 0 Å². The number of hydrogen-bond donors (Lipinski definition) is 0. The van der Waals surface area contributed by atoms with Crippen LogP contribution in [-0.2, 0) is 4.79 Å². The summed E-state index contributed by atoms with van der Waals surface area (Å²) < 4.78 is 16.4. The number of piperazine rings is 1. The van der Waals surface area contributed by atoms with E-state index in [4.69, 9.17) is 13.9 Å². The second-order valence-corrected chi connectivity index (χ2v) is 7.75. The highest BCUT2D eigenvalue weighted by atomic mass is 32.2. The topological polar surface area (TPSA) is 80.9 Å². The van der Waals surface area contributed by atoms with Gasteiger partial charge in [0, 0.05) is 31.7 Å². The minimum atomic E-state index is -0.275. The van der Waals surface area contributed by atoms with Crippen molar-refractivity contribution in [2.75, 3.05) is 39.5 Å². The lowest BCUT2D eigenvalue weighted by Crippen LogP contribution is -2.50. The maximum atomic E-state index is 12.7. The number of aromatic nitrogens is 2. The Kier molecular flexibility index (Phi) is 5.22. The number of nitrogens with zero attached hydrogens (tertiary/aromatic N) is 4. The Morgan fingerprint density at radius 3 is 2.74 bits per heavy atom. The number of benzene rings is 1. The molecule has 2 aliphatic heterocycles. The summed E-state index contributed by atoms with van der Waals surface area (Å²) in [5.74, 6) is 1.87. The molecule has 4 rings (SSSR count). The van der Waals surface area contributed by atoms with Gasteiger partial charge in [-0.05, 0) is 31.7 Å². The van der Waals surface area contributed by atoms with E-state index in [9.17, 15) is 4.79 Å². The predicted molar refractivity (Wildman–Crippen MR) is 99.9 cm³/mol. The van der Waals surface area contributed by atoms with Crippen LogP contribution < -0.4 is 9.47 Å². The molecule has 8 nitrogen and oxygen atoms in total. The Labute approximate surface area is 161 Å². The SMILES string of the molecule is CCN1CCN(C(=O)C(C)Sc2nnc(-c3ccc4c(c3)OCO4)o2)CC1. The number of fused-ring (bicyclic) bond motifs is 1. The summed E-state index contributed by atoms with van der Waals surface area (Å²) in [6, 6.07) is 5.47. The largest absolute Gasteiger partial charge is 0.454 e. The third-order valence-corrected chi connectivity index (χ3v) is 5.70. The van der Waals surface area contributed by atoms with Gasteiger partial charge in [-0.15, -0.1) is 10.2 Å². The van der Waals surface area contributed by atoms with Crippen LogP contribution >= 0.6 is 11.8 Å². The number of carbonyl (C=O) groups excluding carboxylic acids is 1. The molecule has 144 valence electrons. The average molecular weight is 390 g/mol. The highest BCUT2D eigenvalue weighted by molar-refractivity contribution is 8.00. The maximum absolute atomic E-state index is 12.7. The zero-order chi connectivity index (χ0) is 18.8. The van der Waals surface area contributed by atoms with Crippen molar-refractivity contribution in [1.29, 1.82) is 0 Å². The quantitative estimate of drug-likeness (QED) is 0.718. The number of hydrogen-bond acceptors (Lipinski definition) is 8. The van der Waals surface area contributed by atoms with E-state index in [1.807, 2.05) is 30.0 Å². The van der Waals surface area contributed by atoms with Crippen molar-refractivity contribution in [3.05, 3.63) is 18.2 Å². The van der Waals surface area contributed by atoms with Crippen molar-refractivity contribution < 1.29 is 18.7 Å². The number of amides is 1. The van der Waals surface area contributed by atoms with E-state index in [2.05, 4.69) is 22.0 Å². The van der Waals surface area contributed by atoms with E-state index in [0.717, 1.165) is 38.3 Å². The molecule has 0 aliphatic carbocycles. The molecular formula is C18H22N4O4S. The molecule has 1 amide bonds. The van der Waals surface area contributed by atoms with Gasteiger partial charge in [0.1, 0.15) is 0 Å². The molecule has 1 aromatic carbocycles. The summed E-state index contributed by atoms with van der Waals surface area (Å²) in [4.78, 5) is 16.9. The van der Waals surface area contributed by atoms with Crippen LogP contribution in [0.3, 0.4) is 0 Å². The van der Waals surface area contributed by atoms with Gasteiger partial charge < -0.3 is 23.7 Å². The normalized spacial score (nSPS) is 17.9. The zero-order valence-electron chi connectivity index (χ0n) is 15.4. The molecule has 0 bridgehead atoms. The fourth-order valence-corrected chi connectivity index (χ4v) is 3.91. The van der Waals surface area contributed by atoms with Gasteiger partial charge in [0.05, 0.1) is 5.25 Å². The molecular weight excluding hydrogens is 368 g/mol. The van der Waals surface area contributed by atoms with Crippen molar-refractivity contribution >= 4 is 17.7 Å². The first-order chi connectivity index (χ1) is 13.1. The summed E-state index contributed by atoms with van der Waals surface area (Å²) in [5.41, 5.74) is 0.758. The lowest BCUT2D eigenvalue weighted by molar-refractivity contribution is -0.132. The van der Waals surface area contributed by atoms with Crippen molar-refractivity contribution in [3.63, 3.8) is 0 Å². The van der Waals surface area contributed by atoms with Crippen LogP contribution in [0.4, 0.5) is 0 Å². The van der Waals surface area contributed by atoms with Gasteiger partial charge in [-0.1, -0.05) is 18.7 Å². The summed E-state index contributed by atoms with van der Waals surface area (Å²) in [5, 5.41) is 8.28. The molecule has 1 fully saturated rings. The molecule has 9 heteroatoms. The van der Waals surface area contributed by atoms with Crippen LogP contribution in [0.5, 0.6) is 11.5 Å². The lowest BCUT2D eigenvalue weighted by Gasteiger charge is -2.35. The average Bonchev–Trinajstić information content (AvgIpc) is 3.36. The van der Waals surface area contributed by atoms with Crippen molar-refractivity contribution in [3.8, 4) is 23.0 Å². The molecule has 27 heavy (non-hydrogen) atoms. The third-order valence-electron chi connectivity index (χ3n) is 4.78. The number of thioether (sulfide) groups is 1. The molecule has 1 unspecified atom stereocenters. The molecule has 0 N–H and O–H groups in total. The number of carbonyl (C=O) groups is 1. The summed E-state index contributed by atoms with van der Waals surface area (Å²) in [6.45, 7) is 8.65. The Morgan fingerprint density at radius 1 is 1.19 bits per heavy atom. The summed E-state index contributed by atoms with van der Waals surface area (Å²) in [6.07, 6.45) is 0. The fraction of sp³-hybridized carbons (Fsp3) is 0.500. The first-order valence-corrected chi connectivity index (χ1v) is 9.93. The summed E-state index contributed by atoms with van der Waals surface area (Å²) >= 11 is 1.29. The Balaban J connectivity index is 1.38. The number of rotatable bonds is 5. The standard InChI is InChI=1S/C18H22N4O4S/c1-3-21-6-8-22(9-7-21)17(23)12(2)27-18-20-19-16(26-18)13-4-5-14-15(10-13)25-11-24-14/h4-5,10,12H,3,6-9,11H2,1-2H3. The second-order valence-electron chi connectivity index (χ2n) is 6.46. The highest BCUT2D eigenvalue weighted by Gasteiger charge is 2.26. The monoisotopic (exact) mass is 390 g/mol. The van der Waals surface area contributed by atoms with Gasteiger partial charge >= 0.3 is 0 Å². The summed E-state index contributed by atoms with van der Waals surface area (Å²) in [7, 11) is 0. The minimum absolute atomic E-state index is 0.110. The molecule has 0 spiro atoms. The maximum Gasteiger partial charge on any atom is 0.277 e. The molecule has 1 atom stereocenters. The van der Waals surface area contributed by atoms with Crippen LogP contribution in [0.25, 0.3) is 11.5 Å². The molecule has 0 saturated carbocycles. The van der Waals surface area contributed by atoms with E-state index in [0.29, 0.717) is 22.6 Å². The Bertz CT molecular complexity index is 819. The Hall–Kier alpha value is -2.26. The first-order valence-electron chi connectivity index (χ1n) is 9.05. The van der Waals surface area contributed by atoms with Gasteiger partial charge in [0.15, 0.2) is 11.5 Å². The zero-order valence-corrected chi connectivity index (χ0v) is 16.2. The van der Waals surface area contributed by atoms with Gasteiger partial charge in [0.25, 0.3) is 5.22 Å². The number of likely N-dealkylation sites (N-methyl/N-ethyl adjacent to an activating group) is 1. The second kappa shape index (κ2) is 7.77. The van der Waals surface area contributed by atoms with Crippen LogP contribution in [0.15, 0.2) is 27.8 Å². The van der Waals surface area contributed by atoms with Crippen molar-refractivity contribution in [1.82, 2.24) is 20.0 Å². The fourth-order valence-electron chi connectivity index (χ4n) is 3.15. The van der Waals surface area contributed by atoms with Gasteiger partial charge in [-0.2, -0.15) is 0 Å². The third kappa shape index (κ3) is 3.89. The van der Waals surface area contributed by atoms with Crippen LogP contribution in [0.1, 0.15) is 13.8 Å². The highest BCUT2D eigenvalue weighted by Crippen LogP contribution is 2.36. The Morgan fingerprint density at radius 2 is 1.96 bits per heavy atom. The molecule has 1 saturated heterocycles. The smallest absolute Gasteiger partial charge is 0.277 e. The van der Waals surface area contributed by atoms with E-state index in [1.54, 1.807) is 0 Å². The van der Waals surface area contributed by atoms with Crippen molar-refractivity contribution in [2.24, 2.45) is 0 Å². The van der Waals surface area contributed by atoms with E-state index >= 15 is 0 Å². The molecule has 0 radical (unpaired) electrons. The predicted octanol–water partition coefficient (Wildman–Crippen LogP) is 2.11. The van der Waals surface area contributed by atoms with Gasteiger partial charge in [-0.25, -0.2) is 0 Å². The van der Waals surface area contributed by atoms with Gasteiger partial charge in [0.2, 0.25) is 18.6 Å². The van der Waals surface area contributed by atoms with E-state index < -0.39 is 0 Å². The van der Waals surface area contributed by atoms with E-state index in [-0.39, 0.29) is 18.0 Å². The minimum Gasteiger partial charge on any atom is -0.454 e. The van der Waals surface area contributed by atoms with Gasteiger partial charge in [-0.3, -0.25) is 4.79 Å². The van der Waals surface area contributed by atoms with Crippen molar-refractivity contribution in [2.45, 2.75) is 24.3 Å². The van der Waals surface area contributed by atoms with Crippen LogP contribution in [0, 0.1) is 0 Å². The molecule has 3 heterocycles. The first kappa shape index (κ1) is 18.1. The lowest BCUT2D eigenvalue weighted by atomic mass is 10.2. The number of ether oxygens (including phenoxy) is 2. The molecule has 1 aromatic heterocycles.